The van der Waals surface area contributed by atoms with Crippen molar-refractivity contribution in [3.63, 3.8) is 0 Å². The number of rotatable bonds is 4. The lowest BCUT2D eigenvalue weighted by molar-refractivity contribution is -0.121. The second-order valence-electron chi connectivity index (χ2n) is 10.7. The number of nitrogens with zero attached hydrogens (tertiary/aromatic N) is 1. The predicted molar refractivity (Wildman–Crippen MR) is 146 cm³/mol. The predicted octanol–water partition coefficient (Wildman–Crippen LogP) is 4.39. The molecule has 2 saturated carbocycles. The van der Waals surface area contributed by atoms with E-state index in [2.05, 4.69) is 16.0 Å². The Bertz CT molecular complexity index is 1160. The van der Waals surface area contributed by atoms with E-state index in [1.165, 1.54) is 25.7 Å². The average Bonchev–Trinajstić information content (AvgIpc) is 3.45. The highest BCUT2D eigenvalue weighted by atomic mass is 16.5. The summed E-state index contributed by atoms with van der Waals surface area (Å²) in [4.78, 5) is 29.0. The maximum Gasteiger partial charge on any atom is 0.272 e. The number of carbonyl (C=O) groups excluding carboxylic acids is 2. The molecule has 2 aromatic carbocycles. The standard InChI is InChI=1S/C15H20N2O2.C15H18N2O2/c2*1-19-12-7-5-11(6-8-12)13-14(18)17-15(16-13)9-3-2-4-10-15/h5-8,13,16H,2-4,9-10H2,1H3,(H,17,18);5-8H,2-4,9-10H2,1H3,(H,17,18). The molecule has 0 aromatic heterocycles. The summed E-state index contributed by atoms with van der Waals surface area (Å²) in [6.07, 6.45) is 11.1. The van der Waals surface area contributed by atoms with Gasteiger partial charge in [0.15, 0.2) is 0 Å². The first-order chi connectivity index (χ1) is 18.4. The molecule has 2 heterocycles. The van der Waals surface area contributed by atoms with Crippen LogP contribution in [-0.4, -0.2) is 43.1 Å². The Balaban J connectivity index is 0.000000155. The Morgan fingerprint density at radius 2 is 1.29 bits per heavy atom. The number of methoxy groups -OCH3 is 2. The van der Waals surface area contributed by atoms with Gasteiger partial charge in [0.2, 0.25) is 5.91 Å². The number of amides is 2. The van der Waals surface area contributed by atoms with Crippen molar-refractivity contribution in [3.8, 4) is 11.5 Å². The number of benzene rings is 2. The first-order valence-corrected chi connectivity index (χ1v) is 13.8. The Labute approximate surface area is 224 Å². The normalized spacial score (nSPS) is 23.2. The molecular weight excluding hydrogens is 480 g/mol. The minimum Gasteiger partial charge on any atom is -0.497 e. The van der Waals surface area contributed by atoms with Crippen molar-refractivity contribution >= 4 is 17.5 Å². The fourth-order valence-electron chi connectivity index (χ4n) is 6.02. The van der Waals surface area contributed by atoms with Crippen LogP contribution in [0.1, 0.15) is 81.4 Å². The minimum absolute atomic E-state index is 0.0490. The lowest BCUT2D eigenvalue weighted by Gasteiger charge is -2.33. The van der Waals surface area contributed by atoms with Gasteiger partial charge in [-0.1, -0.05) is 25.0 Å². The van der Waals surface area contributed by atoms with Gasteiger partial charge in [0, 0.05) is 5.56 Å². The van der Waals surface area contributed by atoms with E-state index >= 15 is 0 Å². The van der Waals surface area contributed by atoms with E-state index in [0.29, 0.717) is 5.71 Å². The van der Waals surface area contributed by atoms with Crippen molar-refractivity contribution in [2.24, 2.45) is 4.99 Å². The molecular formula is C30H38N4O4. The van der Waals surface area contributed by atoms with Crippen LogP contribution in [0.25, 0.3) is 0 Å². The van der Waals surface area contributed by atoms with Crippen LogP contribution < -0.4 is 25.4 Å². The van der Waals surface area contributed by atoms with Crippen LogP contribution in [0.4, 0.5) is 0 Å². The summed E-state index contributed by atoms with van der Waals surface area (Å²) >= 11 is 0. The highest BCUT2D eigenvalue weighted by Crippen LogP contribution is 2.34. The number of aliphatic imine (C=N–C) groups is 1. The Hall–Kier alpha value is -3.39. The van der Waals surface area contributed by atoms with Gasteiger partial charge in [-0.25, -0.2) is 0 Å². The third kappa shape index (κ3) is 5.55. The maximum absolute atomic E-state index is 12.2. The fraction of sp³-hybridized carbons (Fsp3) is 0.500. The molecule has 202 valence electrons. The van der Waals surface area contributed by atoms with Gasteiger partial charge in [0.05, 0.1) is 19.9 Å². The summed E-state index contributed by atoms with van der Waals surface area (Å²) in [5.41, 5.74) is 1.93. The molecule has 2 aliphatic carbocycles. The largest absolute Gasteiger partial charge is 0.497 e. The van der Waals surface area contributed by atoms with Crippen LogP contribution in [0.15, 0.2) is 53.5 Å². The minimum atomic E-state index is -0.329. The first-order valence-electron chi connectivity index (χ1n) is 13.8. The molecule has 2 amide bonds. The van der Waals surface area contributed by atoms with Crippen molar-refractivity contribution in [1.29, 1.82) is 0 Å². The second kappa shape index (κ2) is 11.2. The topological polar surface area (TPSA) is 101 Å². The molecule has 6 rings (SSSR count). The van der Waals surface area contributed by atoms with Gasteiger partial charge in [-0.2, -0.15) is 0 Å². The molecule has 38 heavy (non-hydrogen) atoms. The van der Waals surface area contributed by atoms with Crippen LogP contribution in [0.3, 0.4) is 0 Å². The second-order valence-corrected chi connectivity index (χ2v) is 10.7. The number of hydrogen-bond acceptors (Lipinski definition) is 6. The number of nitrogens with one attached hydrogen (secondary N) is 3. The Morgan fingerprint density at radius 3 is 1.87 bits per heavy atom. The Morgan fingerprint density at radius 1 is 0.737 bits per heavy atom. The van der Waals surface area contributed by atoms with Crippen LogP contribution in [-0.2, 0) is 9.59 Å². The maximum atomic E-state index is 12.2. The monoisotopic (exact) mass is 518 g/mol. The fourth-order valence-corrected chi connectivity index (χ4v) is 6.02. The van der Waals surface area contributed by atoms with Gasteiger partial charge in [-0.15, -0.1) is 0 Å². The highest BCUT2D eigenvalue weighted by molar-refractivity contribution is 6.46. The molecule has 3 fully saturated rings. The molecule has 1 saturated heterocycles. The summed E-state index contributed by atoms with van der Waals surface area (Å²) in [6.45, 7) is 0. The zero-order valence-electron chi connectivity index (χ0n) is 22.3. The van der Waals surface area contributed by atoms with Gasteiger partial charge in [0.1, 0.15) is 28.9 Å². The van der Waals surface area contributed by atoms with Crippen LogP contribution in [0, 0.1) is 0 Å². The lowest BCUT2D eigenvalue weighted by Crippen LogP contribution is -2.51. The van der Waals surface area contributed by atoms with Crippen molar-refractivity contribution in [2.75, 3.05) is 14.2 Å². The lowest BCUT2D eigenvalue weighted by atomic mass is 9.89. The first kappa shape index (κ1) is 26.2. The molecule has 0 bridgehead atoms. The van der Waals surface area contributed by atoms with Gasteiger partial charge >= 0.3 is 0 Å². The van der Waals surface area contributed by atoms with E-state index < -0.39 is 0 Å². The van der Waals surface area contributed by atoms with Gasteiger partial charge in [0.25, 0.3) is 5.91 Å². The summed E-state index contributed by atoms with van der Waals surface area (Å²) in [7, 11) is 3.28. The molecule has 1 atom stereocenters. The van der Waals surface area contributed by atoms with Crippen molar-refractivity contribution < 1.29 is 19.1 Å². The molecule has 0 radical (unpaired) electrons. The van der Waals surface area contributed by atoms with Gasteiger partial charge in [-0.3, -0.25) is 19.9 Å². The molecule has 2 aromatic rings. The van der Waals surface area contributed by atoms with Crippen LogP contribution in [0.2, 0.25) is 0 Å². The number of carbonyl (C=O) groups is 2. The van der Waals surface area contributed by atoms with E-state index in [4.69, 9.17) is 14.5 Å². The molecule has 3 N–H and O–H groups in total. The Kier molecular flexibility index (Phi) is 7.70. The van der Waals surface area contributed by atoms with E-state index in [0.717, 1.165) is 61.2 Å². The summed E-state index contributed by atoms with van der Waals surface area (Å²) < 4.78 is 10.3. The molecule has 2 spiro atoms. The quantitative estimate of drug-likeness (QED) is 0.557. The highest BCUT2D eigenvalue weighted by Gasteiger charge is 2.44. The van der Waals surface area contributed by atoms with Crippen LogP contribution in [0.5, 0.6) is 11.5 Å². The summed E-state index contributed by atoms with van der Waals surface area (Å²) in [5, 5.41) is 9.75. The molecule has 1 unspecified atom stereocenters. The zero-order valence-corrected chi connectivity index (χ0v) is 22.3. The molecule has 4 aliphatic rings. The smallest absolute Gasteiger partial charge is 0.272 e. The summed E-state index contributed by atoms with van der Waals surface area (Å²) in [6, 6.07) is 15.0. The van der Waals surface area contributed by atoms with Gasteiger partial charge < -0.3 is 20.1 Å². The van der Waals surface area contributed by atoms with E-state index in [1.807, 2.05) is 48.5 Å². The molecule has 2 aliphatic heterocycles. The molecule has 8 heteroatoms. The third-order valence-corrected chi connectivity index (χ3v) is 8.13. The van der Waals surface area contributed by atoms with E-state index in [-0.39, 0.29) is 29.2 Å². The van der Waals surface area contributed by atoms with Gasteiger partial charge in [-0.05, 0) is 93.3 Å². The molecule has 8 nitrogen and oxygen atoms in total. The average molecular weight is 519 g/mol. The third-order valence-electron chi connectivity index (χ3n) is 8.13. The van der Waals surface area contributed by atoms with Crippen molar-refractivity contribution in [2.45, 2.75) is 81.6 Å². The zero-order chi connectivity index (χ0) is 26.6. The SMILES string of the molecule is COc1ccc(C2=NC3(CCCCC3)NC2=O)cc1.COc1ccc(C2NC3(CCCCC3)NC2=O)cc1. The number of hydrogen-bond donors (Lipinski definition) is 3. The van der Waals surface area contributed by atoms with Crippen molar-refractivity contribution in [1.82, 2.24) is 16.0 Å². The number of ether oxygens (including phenoxy) is 2. The summed E-state index contributed by atoms with van der Waals surface area (Å²) in [5.74, 6) is 1.64. The van der Waals surface area contributed by atoms with E-state index in [1.54, 1.807) is 14.2 Å². The van der Waals surface area contributed by atoms with Crippen LogP contribution >= 0.6 is 0 Å². The van der Waals surface area contributed by atoms with Crippen molar-refractivity contribution in [3.05, 3.63) is 59.7 Å². The van der Waals surface area contributed by atoms with E-state index in [9.17, 15) is 9.59 Å².